The number of nitrogens with zero attached hydrogens (tertiary/aromatic N) is 1. The average Bonchev–Trinajstić information content (AvgIpc) is 2.40. The highest BCUT2D eigenvalue weighted by atomic mass is 79.9. The average molecular weight is 321 g/mol. The first-order valence-corrected chi connectivity index (χ1v) is 7.35. The zero-order valence-corrected chi connectivity index (χ0v) is 12.5. The molecule has 1 aliphatic carbocycles. The molecule has 100 valence electrons. The van der Waals surface area contributed by atoms with Crippen LogP contribution in [-0.4, -0.2) is 24.2 Å². The first kappa shape index (κ1) is 13.0. The Labute approximate surface area is 121 Å². The number of rotatable bonds is 4. The second-order valence-electron chi connectivity index (χ2n) is 5.01. The van der Waals surface area contributed by atoms with E-state index in [4.69, 9.17) is 4.74 Å². The van der Waals surface area contributed by atoms with Gasteiger partial charge in [0, 0.05) is 35.8 Å². The van der Waals surface area contributed by atoms with Crippen LogP contribution in [0.2, 0.25) is 0 Å². The summed E-state index contributed by atoms with van der Waals surface area (Å²) in [6.45, 7) is 0.863. The van der Waals surface area contributed by atoms with Crippen LogP contribution >= 0.6 is 15.9 Å². The lowest BCUT2D eigenvalue weighted by Crippen LogP contribution is -2.44. The van der Waals surface area contributed by atoms with Crippen LogP contribution in [0.4, 0.5) is 0 Å². The summed E-state index contributed by atoms with van der Waals surface area (Å²) in [4.78, 5) is 4.50. The molecule has 0 atom stereocenters. The second-order valence-corrected chi connectivity index (χ2v) is 5.87. The molecule has 1 heterocycles. The molecule has 4 heteroatoms. The summed E-state index contributed by atoms with van der Waals surface area (Å²) in [5, 5.41) is 4.75. The lowest BCUT2D eigenvalue weighted by Gasteiger charge is -2.34. The van der Waals surface area contributed by atoms with Crippen molar-refractivity contribution >= 4 is 26.8 Å². The zero-order chi connectivity index (χ0) is 13.2. The third-order valence-corrected chi connectivity index (χ3v) is 4.50. The number of fused-ring (bicyclic) bond motifs is 1. The molecule has 1 aliphatic rings. The smallest absolute Gasteiger partial charge is 0.0758 e. The largest absolute Gasteiger partial charge is 0.381 e. The van der Waals surface area contributed by atoms with E-state index < -0.39 is 0 Å². The van der Waals surface area contributed by atoms with Gasteiger partial charge in [0.25, 0.3) is 0 Å². The molecule has 0 spiro atoms. The number of aromatic nitrogens is 1. The van der Waals surface area contributed by atoms with Crippen LogP contribution < -0.4 is 5.32 Å². The van der Waals surface area contributed by atoms with Crippen LogP contribution in [0.15, 0.2) is 34.9 Å². The summed E-state index contributed by atoms with van der Waals surface area (Å²) in [5.41, 5.74) is 2.33. The summed E-state index contributed by atoms with van der Waals surface area (Å²) in [7, 11) is 1.78. The Morgan fingerprint density at radius 3 is 3.00 bits per heavy atom. The normalized spacial score (nSPS) is 22.4. The van der Waals surface area contributed by atoms with E-state index in [-0.39, 0.29) is 0 Å². The van der Waals surface area contributed by atoms with Gasteiger partial charge in [-0.3, -0.25) is 4.98 Å². The SMILES string of the molecule is COC1CC(NCc2ccc(Br)c3cccnc23)C1. The number of hydrogen-bond acceptors (Lipinski definition) is 3. The Morgan fingerprint density at radius 2 is 2.21 bits per heavy atom. The fraction of sp³-hybridized carbons (Fsp3) is 0.400. The van der Waals surface area contributed by atoms with Crippen molar-refractivity contribution in [2.75, 3.05) is 7.11 Å². The van der Waals surface area contributed by atoms with Crippen molar-refractivity contribution in [3.63, 3.8) is 0 Å². The Kier molecular flexibility index (Phi) is 3.82. The predicted molar refractivity (Wildman–Crippen MR) is 80.1 cm³/mol. The van der Waals surface area contributed by atoms with Crippen molar-refractivity contribution in [3.05, 3.63) is 40.5 Å². The molecule has 3 rings (SSSR count). The van der Waals surface area contributed by atoms with Gasteiger partial charge in [-0.15, -0.1) is 0 Å². The van der Waals surface area contributed by atoms with Crippen LogP contribution in [0.25, 0.3) is 10.9 Å². The van der Waals surface area contributed by atoms with Crippen LogP contribution in [-0.2, 0) is 11.3 Å². The Hall–Kier alpha value is -0.970. The van der Waals surface area contributed by atoms with Crippen LogP contribution in [0.5, 0.6) is 0 Å². The van der Waals surface area contributed by atoms with Crippen molar-refractivity contribution in [2.45, 2.75) is 31.5 Å². The van der Waals surface area contributed by atoms with E-state index in [1.165, 1.54) is 10.9 Å². The standard InChI is InChI=1S/C15H17BrN2O/c1-19-12-7-11(8-12)18-9-10-4-5-14(16)13-3-2-6-17-15(10)13/h2-6,11-12,18H,7-9H2,1H3. The van der Waals surface area contributed by atoms with Gasteiger partial charge in [0.05, 0.1) is 11.6 Å². The maximum Gasteiger partial charge on any atom is 0.0758 e. The van der Waals surface area contributed by atoms with Gasteiger partial charge in [0.1, 0.15) is 0 Å². The summed E-state index contributed by atoms with van der Waals surface area (Å²) >= 11 is 3.58. The molecule has 3 nitrogen and oxygen atoms in total. The molecule has 1 aromatic carbocycles. The van der Waals surface area contributed by atoms with Gasteiger partial charge >= 0.3 is 0 Å². The Morgan fingerprint density at radius 1 is 1.37 bits per heavy atom. The van der Waals surface area contributed by atoms with Gasteiger partial charge in [-0.25, -0.2) is 0 Å². The van der Waals surface area contributed by atoms with Gasteiger partial charge in [-0.2, -0.15) is 0 Å². The first-order valence-electron chi connectivity index (χ1n) is 6.56. The highest BCUT2D eigenvalue weighted by Gasteiger charge is 2.28. The molecule has 1 saturated carbocycles. The third-order valence-electron chi connectivity index (χ3n) is 3.81. The van der Waals surface area contributed by atoms with Gasteiger partial charge in [0.15, 0.2) is 0 Å². The molecular formula is C15H17BrN2O. The fourth-order valence-corrected chi connectivity index (χ4v) is 2.97. The molecule has 0 aliphatic heterocycles. The zero-order valence-electron chi connectivity index (χ0n) is 10.9. The highest BCUT2D eigenvalue weighted by molar-refractivity contribution is 9.10. The van der Waals surface area contributed by atoms with Crippen molar-refractivity contribution in [1.82, 2.24) is 10.3 Å². The summed E-state index contributed by atoms with van der Waals surface area (Å²) in [6.07, 6.45) is 4.51. The van der Waals surface area contributed by atoms with Gasteiger partial charge in [-0.1, -0.05) is 28.1 Å². The predicted octanol–water partition coefficient (Wildman–Crippen LogP) is 3.26. The Bertz CT molecular complexity index is 581. The quantitative estimate of drug-likeness (QED) is 0.938. The summed E-state index contributed by atoms with van der Waals surface area (Å²) in [5.74, 6) is 0. The van der Waals surface area contributed by atoms with E-state index in [2.05, 4.69) is 44.4 Å². The number of pyridine rings is 1. The van der Waals surface area contributed by atoms with E-state index in [9.17, 15) is 0 Å². The van der Waals surface area contributed by atoms with Gasteiger partial charge in [0.2, 0.25) is 0 Å². The number of benzene rings is 1. The molecule has 2 aromatic rings. The molecule has 0 amide bonds. The minimum atomic E-state index is 0.442. The molecule has 0 unspecified atom stereocenters. The van der Waals surface area contributed by atoms with E-state index in [1.54, 1.807) is 7.11 Å². The second kappa shape index (κ2) is 5.57. The van der Waals surface area contributed by atoms with Crippen molar-refractivity contribution in [3.8, 4) is 0 Å². The minimum Gasteiger partial charge on any atom is -0.381 e. The van der Waals surface area contributed by atoms with Crippen LogP contribution in [0, 0.1) is 0 Å². The number of methoxy groups -OCH3 is 1. The Balaban J connectivity index is 1.73. The lowest BCUT2D eigenvalue weighted by atomic mass is 9.89. The number of halogens is 1. The molecule has 1 aromatic heterocycles. The first-order chi connectivity index (χ1) is 9.28. The molecule has 0 radical (unpaired) electrons. The van der Waals surface area contributed by atoms with Crippen LogP contribution in [0.3, 0.4) is 0 Å². The maximum atomic E-state index is 5.30. The molecule has 1 N–H and O–H groups in total. The molecular weight excluding hydrogens is 304 g/mol. The number of nitrogens with one attached hydrogen (secondary N) is 1. The molecule has 0 bridgehead atoms. The van der Waals surface area contributed by atoms with Crippen molar-refractivity contribution in [1.29, 1.82) is 0 Å². The third kappa shape index (κ3) is 2.66. The lowest BCUT2D eigenvalue weighted by molar-refractivity contribution is 0.0170. The number of hydrogen-bond donors (Lipinski definition) is 1. The molecule has 0 saturated heterocycles. The van der Waals surface area contributed by atoms with E-state index in [1.807, 2.05) is 12.3 Å². The van der Waals surface area contributed by atoms with E-state index in [0.717, 1.165) is 29.4 Å². The fourth-order valence-electron chi connectivity index (χ4n) is 2.52. The highest BCUT2D eigenvalue weighted by Crippen LogP contribution is 2.26. The maximum absolute atomic E-state index is 5.30. The molecule has 19 heavy (non-hydrogen) atoms. The van der Waals surface area contributed by atoms with Crippen molar-refractivity contribution in [2.24, 2.45) is 0 Å². The van der Waals surface area contributed by atoms with Crippen LogP contribution in [0.1, 0.15) is 18.4 Å². The molecule has 1 fully saturated rings. The number of ether oxygens (including phenoxy) is 1. The summed E-state index contributed by atoms with van der Waals surface area (Å²) in [6, 6.07) is 8.88. The van der Waals surface area contributed by atoms with Crippen molar-refractivity contribution < 1.29 is 4.74 Å². The minimum absolute atomic E-state index is 0.442. The topological polar surface area (TPSA) is 34.1 Å². The van der Waals surface area contributed by atoms with Gasteiger partial charge in [-0.05, 0) is 30.5 Å². The van der Waals surface area contributed by atoms with Gasteiger partial charge < -0.3 is 10.1 Å². The van der Waals surface area contributed by atoms with E-state index >= 15 is 0 Å². The summed E-state index contributed by atoms with van der Waals surface area (Å²) < 4.78 is 6.40. The van der Waals surface area contributed by atoms with E-state index in [0.29, 0.717) is 12.1 Å². The monoisotopic (exact) mass is 320 g/mol.